The number of aromatic nitrogens is 1. The average Bonchev–Trinajstić information content (AvgIpc) is 2.01. The molecule has 1 aromatic heterocycles. The Balaban J connectivity index is 3.22. The van der Waals surface area contributed by atoms with Gasteiger partial charge >= 0.3 is 5.97 Å². The lowest BCUT2D eigenvalue weighted by Crippen LogP contribution is -2.20. The first-order valence-corrected chi connectivity index (χ1v) is 4.46. The van der Waals surface area contributed by atoms with Gasteiger partial charge in [-0.15, -0.1) is 0 Å². The Bertz CT molecular complexity index is 393. The Kier molecular flexibility index (Phi) is 3.06. The summed E-state index contributed by atoms with van der Waals surface area (Å²) in [6.07, 6.45) is 2.08. The van der Waals surface area contributed by atoms with Gasteiger partial charge in [-0.25, -0.2) is 4.79 Å². The largest absolute Gasteiger partial charge is 0.477 e. The number of nitrogens with one attached hydrogen (secondary N) is 1. The number of carboxylic acid groups (broad SMARTS) is 1. The lowest BCUT2D eigenvalue weighted by atomic mass is 10.00. The Labute approximate surface area is 81.6 Å². The maximum atomic E-state index is 11.2. The first-order chi connectivity index (χ1) is 6.52. The third-order valence-electron chi connectivity index (χ3n) is 1.89. The van der Waals surface area contributed by atoms with Gasteiger partial charge in [0.1, 0.15) is 5.56 Å². The summed E-state index contributed by atoms with van der Waals surface area (Å²) in [5, 5.41) is 8.84. The summed E-state index contributed by atoms with van der Waals surface area (Å²) < 4.78 is 0. The highest BCUT2D eigenvalue weighted by molar-refractivity contribution is 5.88. The van der Waals surface area contributed by atoms with Gasteiger partial charge in [0.25, 0.3) is 5.56 Å². The molecule has 1 heterocycles. The summed E-state index contributed by atoms with van der Waals surface area (Å²) in [6, 6.07) is 1.64. The van der Waals surface area contributed by atoms with Gasteiger partial charge in [-0.05, 0) is 24.0 Å². The van der Waals surface area contributed by atoms with E-state index in [2.05, 4.69) is 4.98 Å². The van der Waals surface area contributed by atoms with Crippen LogP contribution in [-0.2, 0) is 6.42 Å². The molecule has 1 rings (SSSR count). The molecule has 0 bridgehead atoms. The third kappa shape index (κ3) is 2.22. The maximum absolute atomic E-state index is 11.2. The normalized spacial score (nSPS) is 10.5. The van der Waals surface area contributed by atoms with Gasteiger partial charge in [0.15, 0.2) is 0 Å². The van der Waals surface area contributed by atoms with Crippen molar-refractivity contribution in [3.63, 3.8) is 0 Å². The van der Waals surface area contributed by atoms with E-state index in [-0.39, 0.29) is 5.56 Å². The van der Waals surface area contributed by atoms with Crippen LogP contribution in [0.4, 0.5) is 0 Å². The van der Waals surface area contributed by atoms with Gasteiger partial charge in [-0.3, -0.25) is 4.79 Å². The van der Waals surface area contributed by atoms with Crippen molar-refractivity contribution in [2.45, 2.75) is 20.3 Å². The number of H-pyrrole nitrogens is 1. The highest BCUT2D eigenvalue weighted by Gasteiger charge is 2.14. The zero-order chi connectivity index (χ0) is 10.7. The molecular weight excluding hydrogens is 182 g/mol. The van der Waals surface area contributed by atoms with E-state index >= 15 is 0 Å². The zero-order valence-corrected chi connectivity index (χ0v) is 8.20. The molecule has 0 aliphatic carbocycles. The molecule has 0 saturated carbocycles. The SMILES string of the molecule is CC(C)Cc1cc[nH]c(=O)c1C(=O)O. The van der Waals surface area contributed by atoms with Crippen molar-refractivity contribution < 1.29 is 9.90 Å². The second-order valence-electron chi connectivity index (χ2n) is 3.61. The van der Waals surface area contributed by atoms with E-state index in [1.54, 1.807) is 6.07 Å². The highest BCUT2D eigenvalue weighted by atomic mass is 16.4. The van der Waals surface area contributed by atoms with Crippen LogP contribution in [0.2, 0.25) is 0 Å². The Morgan fingerprint density at radius 1 is 1.57 bits per heavy atom. The highest BCUT2D eigenvalue weighted by Crippen LogP contribution is 2.09. The van der Waals surface area contributed by atoms with Crippen molar-refractivity contribution in [3.8, 4) is 0 Å². The standard InChI is InChI=1S/C10H13NO3/c1-6(2)5-7-3-4-11-9(12)8(7)10(13)14/h3-4,6H,5H2,1-2H3,(H,11,12)(H,13,14). The first kappa shape index (κ1) is 10.5. The molecule has 1 aromatic rings. The number of aromatic carboxylic acids is 1. The quantitative estimate of drug-likeness (QED) is 0.763. The summed E-state index contributed by atoms with van der Waals surface area (Å²) in [6.45, 7) is 3.96. The number of hydrogen-bond donors (Lipinski definition) is 2. The van der Waals surface area contributed by atoms with Crippen LogP contribution < -0.4 is 5.56 Å². The molecule has 0 unspecified atom stereocenters. The molecule has 0 fully saturated rings. The van der Waals surface area contributed by atoms with E-state index in [1.165, 1.54) is 6.20 Å². The molecule has 4 heteroatoms. The number of aromatic amines is 1. The van der Waals surface area contributed by atoms with E-state index in [4.69, 9.17) is 5.11 Å². The molecule has 76 valence electrons. The zero-order valence-electron chi connectivity index (χ0n) is 8.20. The topological polar surface area (TPSA) is 70.2 Å². The predicted octanol–water partition coefficient (Wildman–Crippen LogP) is 1.27. The summed E-state index contributed by atoms with van der Waals surface area (Å²) >= 11 is 0. The van der Waals surface area contributed by atoms with Crippen molar-refractivity contribution in [2.75, 3.05) is 0 Å². The van der Waals surface area contributed by atoms with E-state index in [0.29, 0.717) is 17.9 Å². The molecule has 4 nitrogen and oxygen atoms in total. The fraction of sp³-hybridized carbons (Fsp3) is 0.400. The van der Waals surface area contributed by atoms with Gasteiger partial charge in [0.05, 0.1) is 0 Å². The Morgan fingerprint density at radius 2 is 2.21 bits per heavy atom. The number of rotatable bonds is 3. The Morgan fingerprint density at radius 3 is 2.71 bits per heavy atom. The van der Waals surface area contributed by atoms with Crippen molar-refractivity contribution in [2.24, 2.45) is 5.92 Å². The van der Waals surface area contributed by atoms with E-state index in [1.807, 2.05) is 13.8 Å². The third-order valence-corrected chi connectivity index (χ3v) is 1.89. The molecule has 14 heavy (non-hydrogen) atoms. The average molecular weight is 195 g/mol. The van der Waals surface area contributed by atoms with E-state index in [0.717, 1.165) is 0 Å². The monoisotopic (exact) mass is 195 g/mol. The van der Waals surface area contributed by atoms with Crippen LogP contribution in [0.3, 0.4) is 0 Å². The minimum atomic E-state index is -1.16. The van der Waals surface area contributed by atoms with Crippen LogP contribution in [0.15, 0.2) is 17.1 Å². The first-order valence-electron chi connectivity index (χ1n) is 4.46. The van der Waals surface area contributed by atoms with Gasteiger partial charge in [-0.2, -0.15) is 0 Å². The number of hydrogen-bond acceptors (Lipinski definition) is 2. The number of carboxylic acids is 1. The number of pyridine rings is 1. The fourth-order valence-corrected chi connectivity index (χ4v) is 1.36. The fourth-order valence-electron chi connectivity index (χ4n) is 1.36. The minimum absolute atomic E-state index is 0.138. The van der Waals surface area contributed by atoms with Crippen molar-refractivity contribution in [3.05, 3.63) is 33.7 Å². The molecular formula is C10H13NO3. The van der Waals surface area contributed by atoms with Crippen molar-refractivity contribution in [1.82, 2.24) is 4.98 Å². The van der Waals surface area contributed by atoms with Gasteiger partial charge < -0.3 is 10.1 Å². The van der Waals surface area contributed by atoms with E-state index in [9.17, 15) is 9.59 Å². The number of carbonyl (C=O) groups is 1. The van der Waals surface area contributed by atoms with Crippen LogP contribution in [0.5, 0.6) is 0 Å². The predicted molar refractivity (Wildman–Crippen MR) is 52.6 cm³/mol. The molecule has 0 radical (unpaired) electrons. The second kappa shape index (κ2) is 4.09. The van der Waals surface area contributed by atoms with Crippen LogP contribution >= 0.6 is 0 Å². The van der Waals surface area contributed by atoms with E-state index < -0.39 is 11.5 Å². The maximum Gasteiger partial charge on any atom is 0.341 e. The molecule has 0 saturated heterocycles. The summed E-state index contributed by atoms with van der Waals surface area (Å²) in [7, 11) is 0. The van der Waals surface area contributed by atoms with Gasteiger partial charge in [0.2, 0.25) is 0 Å². The smallest absolute Gasteiger partial charge is 0.341 e. The molecule has 0 amide bonds. The summed E-state index contributed by atoms with van der Waals surface area (Å²) in [5.74, 6) is -0.836. The van der Waals surface area contributed by atoms with Crippen LogP contribution in [-0.4, -0.2) is 16.1 Å². The van der Waals surface area contributed by atoms with Crippen molar-refractivity contribution >= 4 is 5.97 Å². The summed E-state index contributed by atoms with van der Waals surface area (Å²) in [4.78, 5) is 24.4. The Hall–Kier alpha value is -1.58. The lowest BCUT2D eigenvalue weighted by Gasteiger charge is -2.06. The minimum Gasteiger partial charge on any atom is -0.477 e. The molecule has 0 aliphatic rings. The van der Waals surface area contributed by atoms with Gasteiger partial charge in [-0.1, -0.05) is 13.8 Å². The van der Waals surface area contributed by atoms with Crippen LogP contribution in [0.1, 0.15) is 29.8 Å². The van der Waals surface area contributed by atoms with Crippen LogP contribution in [0, 0.1) is 5.92 Å². The molecule has 2 N–H and O–H groups in total. The lowest BCUT2D eigenvalue weighted by molar-refractivity contribution is 0.0693. The molecule has 0 atom stereocenters. The van der Waals surface area contributed by atoms with Gasteiger partial charge in [0, 0.05) is 6.20 Å². The molecule has 0 spiro atoms. The van der Waals surface area contributed by atoms with Crippen LogP contribution in [0.25, 0.3) is 0 Å². The summed E-state index contributed by atoms with van der Waals surface area (Å²) in [5.41, 5.74) is -0.0758. The second-order valence-corrected chi connectivity index (χ2v) is 3.61. The van der Waals surface area contributed by atoms with Crippen molar-refractivity contribution in [1.29, 1.82) is 0 Å². The molecule has 0 aromatic carbocycles. The molecule has 0 aliphatic heterocycles.